The van der Waals surface area contributed by atoms with Crippen molar-refractivity contribution < 1.29 is 4.79 Å². The molecule has 1 unspecified atom stereocenters. The van der Waals surface area contributed by atoms with E-state index in [1.807, 2.05) is 31.3 Å². The lowest BCUT2D eigenvalue weighted by atomic mass is 10.0. The number of aromatic nitrogens is 4. The number of rotatable bonds is 6. The topological polar surface area (TPSA) is 60.7 Å². The van der Waals surface area contributed by atoms with Gasteiger partial charge >= 0.3 is 0 Å². The van der Waals surface area contributed by atoms with Crippen LogP contribution in [0.3, 0.4) is 0 Å². The van der Waals surface area contributed by atoms with Crippen LogP contribution in [0.1, 0.15) is 53.7 Å². The highest BCUT2D eigenvalue weighted by Gasteiger charge is 2.31. The zero-order valence-corrected chi connectivity index (χ0v) is 16.7. The van der Waals surface area contributed by atoms with Gasteiger partial charge in [-0.15, -0.1) is 10.2 Å². The largest absolute Gasteiger partial charge is 0.299 e. The Hall–Kier alpha value is -2.47. The van der Waals surface area contributed by atoms with Crippen molar-refractivity contribution in [3.8, 4) is 11.4 Å². The summed E-state index contributed by atoms with van der Waals surface area (Å²) in [6, 6.07) is 10.5. The number of pyridine rings is 1. The quantitative estimate of drug-likeness (QED) is 0.457. The molecule has 1 fully saturated rings. The van der Waals surface area contributed by atoms with Gasteiger partial charge in [-0.25, -0.2) is 0 Å². The Morgan fingerprint density at radius 1 is 1.18 bits per heavy atom. The first kappa shape index (κ1) is 17.6. The van der Waals surface area contributed by atoms with Gasteiger partial charge in [-0.1, -0.05) is 23.9 Å². The second-order valence-corrected chi connectivity index (χ2v) is 8.92. The molecule has 0 saturated heterocycles. The fourth-order valence-electron chi connectivity index (χ4n) is 3.88. The van der Waals surface area contributed by atoms with E-state index in [0.717, 1.165) is 47.8 Å². The van der Waals surface area contributed by atoms with Crippen LogP contribution in [-0.2, 0) is 12.8 Å². The second-order valence-electron chi connectivity index (χ2n) is 7.61. The van der Waals surface area contributed by atoms with Crippen molar-refractivity contribution in [1.29, 1.82) is 0 Å². The van der Waals surface area contributed by atoms with Crippen molar-refractivity contribution in [3.63, 3.8) is 0 Å². The molecule has 6 heteroatoms. The third-order valence-electron chi connectivity index (χ3n) is 5.53. The second kappa shape index (κ2) is 7.17. The highest BCUT2D eigenvalue weighted by Crippen LogP contribution is 2.41. The molecule has 3 aromatic rings. The van der Waals surface area contributed by atoms with Crippen LogP contribution in [0.5, 0.6) is 0 Å². The lowest BCUT2D eigenvalue weighted by Crippen LogP contribution is -2.15. The molecule has 0 aliphatic heterocycles. The number of carbonyl (C=O) groups excluding carboxylic acids is 1. The lowest BCUT2D eigenvalue weighted by Gasteiger charge is -2.13. The van der Waals surface area contributed by atoms with Gasteiger partial charge in [0.2, 0.25) is 0 Å². The summed E-state index contributed by atoms with van der Waals surface area (Å²) in [6.07, 6.45) is 9.25. The van der Waals surface area contributed by atoms with E-state index < -0.39 is 0 Å². The van der Waals surface area contributed by atoms with Crippen molar-refractivity contribution in [2.75, 3.05) is 0 Å². The predicted molar refractivity (Wildman–Crippen MR) is 110 cm³/mol. The molecule has 2 aliphatic carbocycles. The summed E-state index contributed by atoms with van der Waals surface area (Å²) >= 11 is 1.51. The van der Waals surface area contributed by atoms with Crippen molar-refractivity contribution in [2.45, 2.75) is 55.5 Å². The van der Waals surface area contributed by atoms with Gasteiger partial charge in [0.05, 0.1) is 5.25 Å². The van der Waals surface area contributed by atoms with Crippen LogP contribution in [0.15, 0.2) is 47.9 Å². The lowest BCUT2D eigenvalue weighted by molar-refractivity contribution is 0.0993. The van der Waals surface area contributed by atoms with Gasteiger partial charge in [-0.2, -0.15) is 0 Å². The van der Waals surface area contributed by atoms with Crippen LogP contribution in [-0.4, -0.2) is 30.8 Å². The summed E-state index contributed by atoms with van der Waals surface area (Å²) in [4.78, 5) is 17.2. The van der Waals surface area contributed by atoms with Crippen LogP contribution < -0.4 is 0 Å². The van der Waals surface area contributed by atoms with E-state index in [0.29, 0.717) is 6.04 Å². The Kier molecular flexibility index (Phi) is 4.51. The molecule has 0 bridgehead atoms. The minimum Gasteiger partial charge on any atom is -0.299 e. The zero-order valence-electron chi connectivity index (χ0n) is 15.8. The molecule has 5 nitrogen and oxygen atoms in total. The Balaban J connectivity index is 1.40. The zero-order chi connectivity index (χ0) is 19.1. The third kappa shape index (κ3) is 3.26. The van der Waals surface area contributed by atoms with Gasteiger partial charge in [-0.05, 0) is 68.4 Å². The molecule has 5 rings (SSSR count). The molecular formula is C22H22N4OS. The number of benzene rings is 1. The summed E-state index contributed by atoms with van der Waals surface area (Å²) in [7, 11) is 0. The normalized spacial score (nSPS) is 16.8. The van der Waals surface area contributed by atoms with E-state index in [1.165, 1.54) is 29.3 Å². The standard InChI is InChI=1S/C22H22N4OS/c1-14(20(27)17-8-7-15-4-2-5-16(15)12-17)28-22-25-24-21(26(22)19-9-10-19)18-6-3-11-23-13-18/h3,6-8,11-14,19H,2,4-5,9-10H2,1H3. The number of hydrogen-bond acceptors (Lipinski definition) is 5. The highest BCUT2D eigenvalue weighted by molar-refractivity contribution is 8.00. The van der Waals surface area contributed by atoms with Crippen molar-refractivity contribution in [2.24, 2.45) is 0 Å². The smallest absolute Gasteiger partial charge is 0.192 e. The first-order valence-electron chi connectivity index (χ1n) is 9.88. The number of carbonyl (C=O) groups is 1. The summed E-state index contributed by atoms with van der Waals surface area (Å²) in [6.45, 7) is 1.97. The molecule has 0 radical (unpaired) electrons. The molecule has 0 spiro atoms. The number of nitrogens with zero attached hydrogens (tertiary/aromatic N) is 4. The summed E-state index contributed by atoms with van der Waals surface area (Å²) in [5.41, 5.74) is 4.51. The Labute approximate surface area is 168 Å². The number of Topliss-reactive ketones (excluding diaryl/α,β-unsaturated/α-hetero) is 1. The summed E-state index contributed by atoms with van der Waals surface area (Å²) in [5, 5.41) is 9.46. The molecule has 142 valence electrons. The van der Waals surface area contributed by atoms with E-state index in [2.05, 4.69) is 31.9 Å². The fourth-order valence-corrected chi connectivity index (χ4v) is 4.88. The monoisotopic (exact) mass is 390 g/mol. The maximum absolute atomic E-state index is 13.0. The maximum Gasteiger partial charge on any atom is 0.192 e. The van der Waals surface area contributed by atoms with Gasteiger partial charge in [0.25, 0.3) is 0 Å². The number of hydrogen-bond donors (Lipinski definition) is 0. The van der Waals surface area contributed by atoms with E-state index in [1.54, 1.807) is 6.20 Å². The minimum absolute atomic E-state index is 0.160. The predicted octanol–water partition coefficient (Wildman–Crippen LogP) is 4.53. The van der Waals surface area contributed by atoms with Crippen molar-refractivity contribution >= 4 is 17.5 Å². The average Bonchev–Trinajstić information content (AvgIpc) is 3.31. The van der Waals surface area contributed by atoms with Crippen LogP contribution in [0.4, 0.5) is 0 Å². The minimum atomic E-state index is -0.206. The van der Waals surface area contributed by atoms with E-state index in [-0.39, 0.29) is 11.0 Å². The summed E-state index contributed by atoms with van der Waals surface area (Å²) in [5.74, 6) is 1.00. The molecule has 1 aromatic carbocycles. The van der Waals surface area contributed by atoms with Crippen molar-refractivity contribution in [1.82, 2.24) is 19.7 Å². The van der Waals surface area contributed by atoms with E-state index in [9.17, 15) is 4.79 Å². The van der Waals surface area contributed by atoms with Gasteiger partial charge in [0.15, 0.2) is 16.8 Å². The highest BCUT2D eigenvalue weighted by atomic mass is 32.2. The number of ketones is 1. The van der Waals surface area contributed by atoms with Crippen LogP contribution in [0, 0.1) is 0 Å². The number of aryl methyl sites for hydroxylation is 2. The summed E-state index contributed by atoms with van der Waals surface area (Å²) < 4.78 is 2.19. The van der Waals surface area contributed by atoms with Crippen LogP contribution in [0.2, 0.25) is 0 Å². The molecule has 1 atom stereocenters. The molecule has 28 heavy (non-hydrogen) atoms. The molecule has 0 amide bonds. The molecule has 2 aliphatic rings. The molecule has 1 saturated carbocycles. The van der Waals surface area contributed by atoms with Gasteiger partial charge in [0, 0.05) is 29.6 Å². The SMILES string of the molecule is CC(Sc1nnc(-c2cccnc2)n1C1CC1)C(=O)c1ccc2c(c1)CCC2. The molecule has 2 aromatic heterocycles. The number of fused-ring (bicyclic) bond motifs is 1. The van der Waals surface area contributed by atoms with Gasteiger partial charge < -0.3 is 0 Å². The van der Waals surface area contributed by atoms with E-state index >= 15 is 0 Å². The molecule has 0 N–H and O–H groups in total. The first-order chi connectivity index (χ1) is 13.7. The number of thioether (sulfide) groups is 1. The maximum atomic E-state index is 13.0. The van der Waals surface area contributed by atoms with Gasteiger partial charge in [0.1, 0.15) is 0 Å². The van der Waals surface area contributed by atoms with Crippen LogP contribution in [0.25, 0.3) is 11.4 Å². The van der Waals surface area contributed by atoms with E-state index in [4.69, 9.17) is 0 Å². The molecule has 2 heterocycles. The Morgan fingerprint density at radius 2 is 2.04 bits per heavy atom. The molecular weight excluding hydrogens is 368 g/mol. The average molecular weight is 391 g/mol. The fraction of sp³-hybridized carbons (Fsp3) is 0.364. The Morgan fingerprint density at radius 3 is 2.82 bits per heavy atom. The first-order valence-corrected chi connectivity index (χ1v) is 10.8. The van der Waals surface area contributed by atoms with Gasteiger partial charge in [-0.3, -0.25) is 14.3 Å². The Bertz CT molecular complexity index is 1030. The van der Waals surface area contributed by atoms with Crippen LogP contribution >= 0.6 is 11.8 Å². The third-order valence-corrected chi connectivity index (χ3v) is 6.59. The van der Waals surface area contributed by atoms with Crippen molar-refractivity contribution in [3.05, 3.63) is 59.4 Å².